The van der Waals surface area contributed by atoms with Crippen molar-refractivity contribution in [2.75, 3.05) is 6.54 Å². The van der Waals surface area contributed by atoms with E-state index in [2.05, 4.69) is 0 Å². The summed E-state index contributed by atoms with van der Waals surface area (Å²) < 4.78 is 27.0. The first-order valence-corrected chi connectivity index (χ1v) is 5.75. The molecule has 0 unspecified atom stereocenters. The lowest BCUT2D eigenvalue weighted by Crippen LogP contribution is -2.07. The number of ketones is 1. The van der Waals surface area contributed by atoms with Crippen molar-refractivity contribution >= 4 is 5.78 Å². The van der Waals surface area contributed by atoms with Crippen LogP contribution in [0.2, 0.25) is 0 Å². The molecule has 4 heteroatoms. The van der Waals surface area contributed by atoms with Crippen molar-refractivity contribution in [1.29, 1.82) is 0 Å². The van der Waals surface area contributed by atoms with Crippen LogP contribution in [0.25, 0.3) is 0 Å². The minimum absolute atomic E-state index is 0.164. The van der Waals surface area contributed by atoms with E-state index >= 15 is 0 Å². The summed E-state index contributed by atoms with van der Waals surface area (Å²) in [6.07, 6.45) is 2.41. The Morgan fingerprint density at radius 3 is 2.59 bits per heavy atom. The molecule has 0 aliphatic rings. The molecule has 2 nitrogen and oxygen atoms in total. The molecule has 0 bridgehead atoms. The lowest BCUT2D eigenvalue weighted by molar-refractivity contribution is 0.0971. The highest BCUT2D eigenvalue weighted by molar-refractivity contribution is 5.96. The molecule has 0 aromatic heterocycles. The maximum atomic E-state index is 13.6. The maximum Gasteiger partial charge on any atom is 0.168 e. The number of nitrogens with two attached hydrogens (primary N) is 1. The summed E-state index contributed by atoms with van der Waals surface area (Å²) in [6, 6.07) is 2.46. The van der Waals surface area contributed by atoms with Crippen LogP contribution in [0.15, 0.2) is 12.1 Å². The van der Waals surface area contributed by atoms with Crippen LogP contribution in [-0.2, 0) is 0 Å². The van der Waals surface area contributed by atoms with Crippen molar-refractivity contribution in [3.8, 4) is 0 Å². The monoisotopic (exact) mass is 241 g/mol. The normalized spacial score (nSPS) is 10.6. The highest BCUT2D eigenvalue weighted by Gasteiger charge is 2.18. The number of carbonyl (C=O) groups excluding carboxylic acids is 1. The number of carbonyl (C=O) groups is 1. The number of aryl methyl sites for hydroxylation is 1. The van der Waals surface area contributed by atoms with Crippen molar-refractivity contribution in [2.45, 2.75) is 32.6 Å². The standard InChI is InChI=1S/C13H17F2NO/c1-9-6-7-10(14)12(13(9)15)11(17)5-3-2-4-8-16/h6-7H,2-5,8,16H2,1H3. The van der Waals surface area contributed by atoms with Gasteiger partial charge in [0.15, 0.2) is 5.78 Å². The van der Waals surface area contributed by atoms with E-state index in [1.807, 2.05) is 0 Å². The van der Waals surface area contributed by atoms with Gasteiger partial charge in [-0.2, -0.15) is 0 Å². The third-order valence-electron chi connectivity index (χ3n) is 2.67. The second-order valence-corrected chi connectivity index (χ2v) is 4.08. The van der Waals surface area contributed by atoms with Crippen LogP contribution in [0, 0.1) is 18.6 Å². The molecule has 1 aromatic carbocycles. The zero-order valence-corrected chi connectivity index (χ0v) is 9.93. The van der Waals surface area contributed by atoms with Crippen LogP contribution in [-0.4, -0.2) is 12.3 Å². The van der Waals surface area contributed by atoms with Gasteiger partial charge >= 0.3 is 0 Å². The van der Waals surface area contributed by atoms with Gasteiger partial charge in [-0.1, -0.05) is 12.5 Å². The van der Waals surface area contributed by atoms with Crippen LogP contribution < -0.4 is 5.73 Å². The van der Waals surface area contributed by atoms with Gasteiger partial charge in [0.2, 0.25) is 0 Å². The molecule has 1 aromatic rings. The predicted octanol–water partition coefficient (Wildman–Crippen LogP) is 2.98. The third kappa shape index (κ3) is 3.60. The Balaban J connectivity index is 2.72. The largest absolute Gasteiger partial charge is 0.330 e. The van der Waals surface area contributed by atoms with Crippen LogP contribution in [0.5, 0.6) is 0 Å². The Morgan fingerprint density at radius 2 is 1.94 bits per heavy atom. The van der Waals surface area contributed by atoms with Gasteiger partial charge in [-0.25, -0.2) is 8.78 Å². The van der Waals surface area contributed by atoms with Crippen molar-refractivity contribution < 1.29 is 13.6 Å². The lowest BCUT2D eigenvalue weighted by atomic mass is 10.0. The molecule has 0 saturated heterocycles. The summed E-state index contributed by atoms with van der Waals surface area (Å²) in [5.41, 5.74) is 5.20. The Labute approximate surface area is 99.8 Å². The van der Waals surface area contributed by atoms with Gasteiger partial charge in [0, 0.05) is 6.42 Å². The summed E-state index contributed by atoms with van der Waals surface area (Å²) >= 11 is 0. The fourth-order valence-electron chi connectivity index (χ4n) is 1.64. The zero-order valence-electron chi connectivity index (χ0n) is 9.93. The van der Waals surface area contributed by atoms with Crippen LogP contribution in [0.3, 0.4) is 0 Å². The average molecular weight is 241 g/mol. The van der Waals surface area contributed by atoms with E-state index in [0.29, 0.717) is 13.0 Å². The molecule has 0 saturated carbocycles. The fraction of sp³-hybridized carbons (Fsp3) is 0.462. The van der Waals surface area contributed by atoms with Gasteiger partial charge in [0.1, 0.15) is 11.6 Å². The van der Waals surface area contributed by atoms with Crippen LogP contribution >= 0.6 is 0 Å². The number of halogens is 2. The Kier molecular flexibility index (Phi) is 5.22. The summed E-state index contributed by atoms with van der Waals surface area (Å²) in [5, 5.41) is 0. The Hall–Kier alpha value is -1.29. The first kappa shape index (κ1) is 13.8. The van der Waals surface area contributed by atoms with E-state index in [-0.39, 0.29) is 12.0 Å². The molecule has 0 heterocycles. The molecule has 0 aliphatic carbocycles. The number of benzene rings is 1. The minimum atomic E-state index is -0.781. The number of unbranched alkanes of at least 4 members (excludes halogenated alkanes) is 2. The van der Waals surface area contributed by atoms with Gasteiger partial charge in [-0.05, 0) is 37.9 Å². The predicted molar refractivity (Wildman–Crippen MR) is 62.9 cm³/mol. The van der Waals surface area contributed by atoms with Crippen molar-refractivity contribution in [2.24, 2.45) is 5.73 Å². The molecule has 1 rings (SSSR count). The zero-order chi connectivity index (χ0) is 12.8. The topological polar surface area (TPSA) is 43.1 Å². The summed E-state index contributed by atoms with van der Waals surface area (Å²) in [4.78, 5) is 11.7. The van der Waals surface area contributed by atoms with Gasteiger partial charge in [-0.15, -0.1) is 0 Å². The van der Waals surface area contributed by atoms with Crippen LogP contribution in [0.1, 0.15) is 41.6 Å². The number of rotatable bonds is 6. The molecule has 0 radical (unpaired) electrons. The van der Waals surface area contributed by atoms with Gasteiger partial charge in [-0.3, -0.25) is 4.79 Å². The minimum Gasteiger partial charge on any atom is -0.330 e. The van der Waals surface area contributed by atoms with E-state index < -0.39 is 23.0 Å². The van der Waals surface area contributed by atoms with Crippen molar-refractivity contribution in [1.82, 2.24) is 0 Å². The Bertz CT molecular complexity index is 405. The SMILES string of the molecule is Cc1ccc(F)c(C(=O)CCCCCN)c1F. The smallest absolute Gasteiger partial charge is 0.168 e. The molecular weight excluding hydrogens is 224 g/mol. The van der Waals surface area contributed by atoms with Crippen LogP contribution in [0.4, 0.5) is 8.78 Å². The summed E-state index contributed by atoms with van der Waals surface area (Å²) in [6.45, 7) is 2.08. The molecule has 0 atom stereocenters. The molecule has 17 heavy (non-hydrogen) atoms. The highest BCUT2D eigenvalue weighted by Crippen LogP contribution is 2.19. The number of Topliss-reactive ketones (excluding diaryl/α,β-unsaturated/α-hetero) is 1. The quantitative estimate of drug-likeness (QED) is 0.614. The van der Waals surface area contributed by atoms with E-state index in [1.165, 1.54) is 13.0 Å². The average Bonchev–Trinajstić information content (AvgIpc) is 2.30. The fourth-order valence-corrected chi connectivity index (χ4v) is 1.64. The molecule has 0 spiro atoms. The number of hydrogen-bond donors (Lipinski definition) is 1. The molecule has 0 fully saturated rings. The van der Waals surface area contributed by atoms with E-state index in [4.69, 9.17) is 5.73 Å². The van der Waals surface area contributed by atoms with Gasteiger partial charge in [0.05, 0.1) is 5.56 Å². The molecule has 2 N–H and O–H groups in total. The molecule has 0 aliphatic heterocycles. The molecule has 94 valence electrons. The second kappa shape index (κ2) is 6.45. The van der Waals surface area contributed by atoms with E-state index in [0.717, 1.165) is 18.9 Å². The van der Waals surface area contributed by atoms with Gasteiger partial charge < -0.3 is 5.73 Å². The molecule has 0 amide bonds. The Morgan fingerprint density at radius 1 is 1.24 bits per heavy atom. The van der Waals surface area contributed by atoms with Crippen molar-refractivity contribution in [3.63, 3.8) is 0 Å². The van der Waals surface area contributed by atoms with Crippen molar-refractivity contribution in [3.05, 3.63) is 34.9 Å². The van der Waals surface area contributed by atoms with E-state index in [9.17, 15) is 13.6 Å². The second-order valence-electron chi connectivity index (χ2n) is 4.08. The number of hydrogen-bond acceptors (Lipinski definition) is 2. The first-order valence-electron chi connectivity index (χ1n) is 5.75. The lowest BCUT2D eigenvalue weighted by Gasteiger charge is -2.06. The maximum absolute atomic E-state index is 13.6. The summed E-state index contributed by atoms with van der Waals surface area (Å²) in [7, 11) is 0. The van der Waals surface area contributed by atoms with Gasteiger partial charge in [0.25, 0.3) is 0 Å². The summed E-state index contributed by atoms with van der Waals surface area (Å²) in [5.74, 6) is -1.99. The third-order valence-corrected chi connectivity index (χ3v) is 2.67. The first-order chi connectivity index (χ1) is 8.07. The molecular formula is C13H17F2NO. The van der Waals surface area contributed by atoms with E-state index in [1.54, 1.807) is 0 Å². The highest BCUT2D eigenvalue weighted by atomic mass is 19.1.